The van der Waals surface area contributed by atoms with Crippen LogP contribution in [0, 0.1) is 6.92 Å². The van der Waals surface area contributed by atoms with Gasteiger partial charge in [0.2, 0.25) is 0 Å². The lowest BCUT2D eigenvalue weighted by atomic mass is 10.1. The van der Waals surface area contributed by atoms with Gasteiger partial charge in [-0.25, -0.2) is 8.78 Å². The predicted octanol–water partition coefficient (Wildman–Crippen LogP) is 2.59. The number of hydrogen-bond acceptors (Lipinski definition) is 2. The maximum absolute atomic E-state index is 12.5. The molecule has 14 heavy (non-hydrogen) atoms. The van der Waals surface area contributed by atoms with Crippen molar-refractivity contribution in [1.82, 2.24) is 0 Å². The summed E-state index contributed by atoms with van der Waals surface area (Å²) in [5, 5.41) is 0. The Morgan fingerprint density at radius 3 is 2.21 bits per heavy atom. The lowest BCUT2D eigenvalue weighted by Gasteiger charge is -2.04. The van der Waals surface area contributed by atoms with E-state index in [2.05, 4.69) is 0 Å². The zero-order valence-corrected chi connectivity index (χ0v) is 7.98. The Morgan fingerprint density at radius 2 is 1.86 bits per heavy atom. The van der Waals surface area contributed by atoms with E-state index in [4.69, 9.17) is 0 Å². The van der Waals surface area contributed by atoms with Crippen molar-refractivity contribution in [3.8, 4) is 0 Å². The monoisotopic (exact) mass is 224 g/mol. The van der Waals surface area contributed by atoms with E-state index in [1.54, 1.807) is 0 Å². The van der Waals surface area contributed by atoms with Crippen molar-refractivity contribution >= 4 is 10.2 Å². The number of alkyl halides is 2. The molecule has 0 saturated carbocycles. The molecule has 78 valence electrons. The molecule has 0 saturated heterocycles. The average Bonchev–Trinajstić information content (AvgIpc) is 2.01. The molecule has 0 N–H and O–H groups in total. The molecule has 0 heterocycles. The SMILES string of the molecule is Cc1cc(C(F)F)ccc1S(=O)(=O)F. The van der Waals surface area contributed by atoms with Gasteiger partial charge in [-0.15, -0.1) is 3.89 Å². The number of aryl methyl sites for hydroxylation is 1. The molecule has 0 aromatic heterocycles. The maximum atomic E-state index is 12.5. The van der Waals surface area contributed by atoms with Gasteiger partial charge in [-0.3, -0.25) is 0 Å². The largest absolute Gasteiger partial charge is 0.332 e. The maximum Gasteiger partial charge on any atom is 0.332 e. The molecule has 1 rings (SSSR count). The predicted molar refractivity (Wildman–Crippen MR) is 44.4 cm³/mol. The number of hydrogen-bond donors (Lipinski definition) is 0. The Bertz CT molecular complexity index is 440. The first-order valence-electron chi connectivity index (χ1n) is 3.65. The van der Waals surface area contributed by atoms with Gasteiger partial charge in [0, 0.05) is 5.56 Å². The van der Waals surface area contributed by atoms with Crippen LogP contribution in [0.5, 0.6) is 0 Å². The van der Waals surface area contributed by atoms with Gasteiger partial charge >= 0.3 is 10.2 Å². The smallest absolute Gasteiger partial charge is 0.205 e. The summed E-state index contributed by atoms with van der Waals surface area (Å²) in [6, 6.07) is 2.69. The van der Waals surface area contributed by atoms with Gasteiger partial charge in [0.25, 0.3) is 6.43 Å². The van der Waals surface area contributed by atoms with Crippen molar-refractivity contribution in [2.75, 3.05) is 0 Å². The van der Waals surface area contributed by atoms with Crippen molar-refractivity contribution in [2.24, 2.45) is 0 Å². The lowest BCUT2D eigenvalue weighted by Crippen LogP contribution is -1.97. The fourth-order valence-electron chi connectivity index (χ4n) is 1.08. The molecule has 0 spiro atoms. The molecule has 1 aromatic carbocycles. The first kappa shape index (κ1) is 11.0. The number of halogens is 3. The minimum absolute atomic E-state index is 0.0229. The third-order valence-electron chi connectivity index (χ3n) is 1.71. The second-order valence-corrected chi connectivity index (χ2v) is 4.08. The fraction of sp³-hybridized carbons (Fsp3) is 0.250. The van der Waals surface area contributed by atoms with Gasteiger partial charge in [-0.1, -0.05) is 6.07 Å². The molecule has 0 amide bonds. The summed E-state index contributed by atoms with van der Waals surface area (Å²) in [5.41, 5.74) is -0.347. The minimum Gasteiger partial charge on any atom is -0.205 e. The van der Waals surface area contributed by atoms with Gasteiger partial charge in [-0.2, -0.15) is 8.42 Å². The average molecular weight is 224 g/mol. The second kappa shape index (κ2) is 3.61. The molecule has 1 aromatic rings. The van der Waals surface area contributed by atoms with Crippen LogP contribution in [0.25, 0.3) is 0 Å². The standard InChI is InChI=1S/C8H7F3O2S/c1-5-4-6(8(9)10)2-3-7(5)14(11,12)13/h2-4,8H,1H3. The molecule has 0 unspecified atom stereocenters. The molecular formula is C8H7F3O2S. The molecule has 0 atom stereocenters. The Hall–Kier alpha value is -1.04. The van der Waals surface area contributed by atoms with E-state index in [0.717, 1.165) is 18.2 Å². The molecule has 0 fully saturated rings. The zero-order chi connectivity index (χ0) is 10.9. The van der Waals surface area contributed by atoms with E-state index >= 15 is 0 Å². The topological polar surface area (TPSA) is 34.1 Å². The highest BCUT2D eigenvalue weighted by Gasteiger charge is 2.17. The summed E-state index contributed by atoms with van der Waals surface area (Å²) in [7, 11) is -4.82. The number of rotatable bonds is 2. The van der Waals surface area contributed by atoms with Crippen LogP contribution < -0.4 is 0 Å². The van der Waals surface area contributed by atoms with Crippen LogP contribution in [0.2, 0.25) is 0 Å². The zero-order valence-electron chi connectivity index (χ0n) is 7.17. The van der Waals surface area contributed by atoms with Crippen LogP contribution in [-0.4, -0.2) is 8.42 Å². The van der Waals surface area contributed by atoms with E-state index in [-0.39, 0.29) is 11.1 Å². The Labute approximate surface area is 79.6 Å². The highest BCUT2D eigenvalue weighted by atomic mass is 32.3. The van der Waals surface area contributed by atoms with E-state index in [0.29, 0.717) is 0 Å². The molecule has 6 heteroatoms. The van der Waals surface area contributed by atoms with Crippen molar-refractivity contribution in [3.05, 3.63) is 29.3 Å². The van der Waals surface area contributed by atoms with Gasteiger partial charge in [0.15, 0.2) is 0 Å². The quantitative estimate of drug-likeness (QED) is 0.723. The number of benzene rings is 1. The Morgan fingerprint density at radius 1 is 1.29 bits per heavy atom. The van der Waals surface area contributed by atoms with Crippen LogP contribution in [0.4, 0.5) is 12.7 Å². The second-order valence-electron chi connectivity index (χ2n) is 2.76. The third kappa shape index (κ3) is 2.25. The summed E-state index contributed by atoms with van der Waals surface area (Å²) >= 11 is 0. The van der Waals surface area contributed by atoms with E-state index in [1.165, 1.54) is 6.92 Å². The van der Waals surface area contributed by atoms with E-state index < -0.39 is 21.5 Å². The third-order valence-corrected chi connectivity index (χ3v) is 2.70. The van der Waals surface area contributed by atoms with Crippen LogP contribution in [-0.2, 0) is 10.2 Å². The Balaban J connectivity index is 3.28. The van der Waals surface area contributed by atoms with Crippen molar-refractivity contribution < 1.29 is 21.1 Å². The van der Waals surface area contributed by atoms with Gasteiger partial charge in [0.1, 0.15) is 4.90 Å². The summed E-state index contributed by atoms with van der Waals surface area (Å²) in [6.07, 6.45) is -2.69. The summed E-state index contributed by atoms with van der Waals surface area (Å²) in [6.45, 7) is 1.26. The van der Waals surface area contributed by atoms with Crippen LogP contribution in [0.3, 0.4) is 0 Å². The molecule has 0 aliphatic heterocycles. The van der Waals surface area contributed by atoms with Gasteiger partial charge < -0.3 is 0 Å². The summed E-state index contributed by atoms with van der Waals surface area (Å²) in [5.74, 6) is 0. The highest BCUT2D eigenvalue weighted by Crippen LogP contribution is 2.24. The highest BCUT2D eigenvalue weighted by molar-refractivity contribution is 7.86. The molecular weight excluding hydrogens is 217 g/mol. The molecule has 0 radical (unpaired) electrons. The first-order chi connectivity index (χ1) is 6.32. The van der Waals surface area contributed by atoms with Crippen LogP contribution >= 0.6 is 0 Å². The molecule has 0 bridgehead atoms. The molecule has 2 nitrogen and oxygen atoms in total. The van der Waals surface area contributed by atoms with Crippen LogP contribution in [0.15, 0.2) is 23.1 Å². The molecule has 0 aliphatic rings. The molecule has 0 aliphatic carbocycles. The van der Waals surface area contributed by atoms with E-state index in [1.807, 2.05) is 0 Å². The normalized spacial score (nSPS) is 12.1. The van der Waals surface area contributed by atoms with E-state index in [9.17, 15) is 21.1 Å². The first-order valence-corrected chi connectivity index (χ1v) is 5.04. The van der Waals surface area contributed by atoms with Crippen molar-refractivity contribution in [1.29, 1.82) is 0 Å². The van der Waals surface area contributed by atoms with Gasteiger partial charge in [-0.05, 0) is 24.6 Å². The van der Waals surface area contributed by atoms with Gasteiger partial charge in [0.05, 0.1) is 0 Å². The fourth-order valence-corrected chi connectivity index (χ4v) is 1.76. The minimum atomic E-state index is -4.82. The summed E-state index contributed by atoms with van der Waals surface area (Å²) < 4.78 is 57.7. The van der Waals surface area contributed by atoms with Crippen molar-refractivity contribution in [2.45, 2.75) is 18.2 Å². The summed E-state index contributed by atoms with van der Waals surface area (Å²) in [4.78, 5) is -0.568. The van der Waals surface area contributed by atoms with Crippen molar-refractivity contribution in [3.63, 3.8) is 0 Å². The lowest BCUT2D eigenvalue weighted by molar-refractivity contribution is 0.151. The van der Waals surface area contributed by atoms with Crippen LogP contribution in [0.1, 0.15) is 17.6 Å². The Kier molecular flexibility index (Phi) is 2.84.